The molecule has 5 nitrogen and oxygen atoms in total. The number of carbonyl (C=O) groups is 1. The first-order chi connectivity index (χ1) is 8.36. The highest BCUT2D eigenvalue weighted by Gasteiger charge is 2.02. The average Bonchev–Trinajstić information content (AvgIpc) is 2.41. The molecule has 2 heterocycles. The van der Waals surface area contributed by atoms with Gasteiger partial charge in [-0.05, 0) is 29.8 Å². The summed E-state index contributed by atoms with van der Waals surface area (Å²) in [7, 11) is 0. The average molecular weight is 226 g/mol. The summed E-state index contributed by atoms with van der Waals surface area (Å²) in [4.78, 5) is 19.3. The van der Waals surface area contributed by atoms with Gasteiger partial charge >= 0.3 is 0 Å². The van der Waals surface area contributed by atoms with Crippen LogP contribution in [0.25, 0.3) is 0 Å². The van der Waals surface area contributed by atoms with Gasteiger partial charge in [0, 0.05) is 18.6 Å². The van der Waals surface area contributed by atoms with Gasteiger partial charge in [0.15, 0.2) is 0 Å². The summed E-state index contributed by atoms with van der Waals surface area (Å²) in [5.74, 6) is -0.337. The van der Waals surface area contributed by atoms with E-state index in [1.165, 1.54) is 0 Å². The molecule has 0 aliphatic rings. The van der Waals surface area contributed by atoms with Gasteiger partial charge in [-0.15, -0.1) is 0 Å². The minimum Gasteiger partial charge on any atom is -0.266 e. The Balaban J connectivity index is 1.95. The summed E-state index contributed by atoms with van der Waals surface area (Å²) < 4.78 is 0. The number of nitrogens with one attached hydrogen (secondary N) is 1. The fourth-order valence-corrected chi connectivity index (χ4v) is 1.17. The van der Waals surface area contributed by atoms with Crippen LogP contribution in [0.2, 0.25) is 0 Å². The number of hydrogen-bond donors (Lipinski definition) is 1. The first kappa shape index (κ1) is 10.9. The minimum absolute atomic E-state index is 0.333. The zero-order valence-corrected chi connectivity index (χ0v) is 8.95. The van der Waals surface area contributed by atoms with E-state index in [1.807, 2.05) is 0 Å². The van der Waals surface area contributed by atoms with Gasteiger partial charge in [0.05, 0.1) is 6.21 Å². The Bertz CT molecular complexity index is 511. The monoisotopic (exact) mass is 226 g/mol. The van der Waals surface area contributed by atoms with Crippen molar-refractivity contribution in [1.82, 2.24) is 15.4 Å². The van der Waals surface area contributed by atoms with Crippen LogP contribution in [0.4, 0.5) is 0 Å². The number of hydrogen-bond acceptors (Lipinski definition) is 4. The lowest BCUT2D eigenvalue weighted by Gasteiger charge is -1.97. The van der Waals surface area contributed by atoms with Gasteiger partial charge in [-0.25, -0.2) is 5.43 Å². The Morgan fingerprint density at radius 1 is 1.18 bits per heavy atom. The molecule has 0 unspecified atom stereocenters. The highest BCUT2D eigenvalue weighted by molar-refractivity contribution is 5.92. The van der Waals surface area contributed by atoms with Crippen LogP contribution >= 0.6 is 0 Å². The van der Waals surface area contributed by atoms with Gasteiger partial charge in [-0.1, -0.05) is 6.07 Å². The van der Waals surface area contributed by atoms with E-state index in [0.29, 0.717) is 5.69 Å². The molecule has 1 amide bonds. The Morgan fingerprint density at radius 3 is 2.71 bits per heavy atom. The Labute approximate surface area is 98.2 Å². The number of hydrazone groups is 1. The number of rotatable bonds is 3. The van der Waals surface area contributed by atoms with Crippen LogP contribution in [0.3, 0.4) is 0 Å². The molecule has 0 bridgehead atoms. The molecule has 0 aromatic carbocycles. The smallest absolute Gasteiger partial charge is 0.266 e. The third kappa shape index (κ3) is 3.20. The van der Waals surface area contributed by atoms with Crippen LogP contribution in [-0.2, 0) is 0 Å². The van der Waals surface area contributed by atoms with Crippen molar-refractivity contribution in [2.75, 3.05) is 0 Å². The maximum Gasteiger partial charge on any atom is 0.289 e. The maximum absolute atomic E-state index is 11.5. The Hall–Kier alpha value is -2.56. The fourth-order valence-electron chi connectivity index (χ4n) is 1.17. The molecule has 0 aliphatic carbocycles. The lowest BCUT2D eigenvalue weighted by Crippen LogP contribution is -2.18. The van der Waals surface area contributed by atoms with Crippen molar-refractivity contribution >= 4 is 12.1 Å². The van der Waals surface area contributed by atoms with E-state index in [-0.39, 0.29) is 5.91 Å². The summed E-state index contributed by atoms with van der Waals surface area (Å²) in [5, 5.41) is 3.83. The largest absolute Gasteiger partial charge is 0.289 e. The van der Waals surface area contributed by atoms with Gasteiger partial charge in [0.2, 0.25) is 0 Å². The highest BCUT2D eigenvalue weighted by Crippen LogP contribution is 1.93. The van der Waals surface area contributed by atoms with Gasteiger partial charge in [0.1, 0.15) is 5.69 Å². The van der Waals surface area contributed by atoms with Gasteiger partial charge in [-0.2, -0.15) is 5.10 Å². The van der Waals surface area contributed by atoms with Gasteiger partial charge in [-0.3, -0.25) is 14.8 Å². The number of aromatic nitrogens is 2. The molecule has 0 radical (unpaired) electrons. The first-order valence-electron chi connectivity index (χ1n) is 5.01. The molecule has 17 heavy (non-hydrogen) atoms. The lowest BCUT2D eigenvalue weighted by atomic mass is 10.3. The summed E-state index contributed by atoms with van der Waals surface area (Å²) >= 11 is 0. The lowest BCUT2D eigenvalue weighted by molar-refractivity contribution is 0.0950. The summed E-state index contributed by atoms with van der Waals surface area (Å²) in [6.45, 7) is 0. The quantitative estimate of drug-likeness (QED) is 0.632. The Kier molecular flexibility index (Phi) is 3.54. The number of amides is 1. The fraction of sp³-hybridized carbons (Fsp3) is 0. The predicted molar refractivity (Wildman–Crippen MR) is 63.5 cm³/mol. The third-order valence-electron chi connectivity index (χ3n) is 1.98. The summed E-state index contributed by atoms with van der Waals surface area (Å²) in [6.07, 6.45) is 6.41. The van der Waals surface area contributed by atoms with E-state index in [9.17, 15) is 4.79 Å². The summed E-state index contributed by atoms with van der Waals surface area (Å²) in [6, 6.07) is 8.69. The molecule has 0 saturated carbocycles. The topological polar surface area (TPSA) is 67.2 Å². The molecule has 0 aliphatic heterocycles. The van der Waals surface area contributed by atoms with E-state index >= 15 is 0 Å². The van der Waals surface area contributed by atoms with Gasteiger partial charge < -0.3 is 0 Å². The summed E-state index contributed by atoms with van der Waals surface area (Å²) in [5.41, 5.74) is 3.59. The van der Waals surface area contributed by atoms with Crippen molar-refractivity contribution in [1.29, 1.82) is 0 Å². The molecule has 2 rings (SSSR count). The second-order valence-electron chi connectivity index (χ2n) is 3.19. The molecule has 84 valence electrons. The minimum atomic E-state index is -0.337. The van der Waals surface area contributed by atoms with Crippen molar-refractivity contribution in [3.63, 3.8) is 0 Å². The molecular formula is C12H10N4O. The van der Waals surface area contributed by atoms with E-state index in [0.717, 1.165) is 5.56 Å². The van der Waals surface area contributed by atoms with E-state index in [4.69, 9.17) is 0 Å². The Morgan fingerprint density at radius 2 is 2.00 bits per heavy atom. The first-order valence-corrected chi connectivity index (χ1v) is 5.01. The van der Waals surface area contributed by atoms with Crippen molar-refractivity contribution in [2.24, 2.45) is 5.10 Å². The molecule has 0 atom stereocenters. The van der Waals surface area contributed by atoms with Crippen LogP contribution in [0.1, 0.15) is 16.1 Å². The maximum atomic E-state index is 11.5. The molecule has 5 heteroatoms. The standard InChI is InChI=1S/C12H10N4O/c17-12(11-3-1-2-6-14-11)16-15-9-10-4-7-13-8-5-10/h1-9H,(H,16,17)/b15-9-. The zero-order chi connectivity index (χ0) is 11.9. The molecular weight excluding hydrogens is 216 g/mol. The normalized spacial score (nSPS) is 10.4. The molecule has 0 spiro atoms. The van der Waals surface area contributed by atoms with E-state index in [1.54, 1.807) is 55.1 Å². The van der Waals surface area contributed by atoms with Crippen LogP contribution in [-0.4, -0.2) is 22.1 Å². The van der Waals surface area contributed by atoms with Crippen molar-refractivity contribution in [3.05, 3.63) is 60.2 Å². The molecule has 0 fully saturated rings. The molecule has 2 aromatic heterocycles. The van der Waals surface area contributed by atoms with Crippen molar-refractivity contribution in [3.8, 4) is 0 Å². The predicted octanol–water partition coefficient (Wildman–Crippen LogP) is 1.24. The number of nitrogens with zero attached hydrogens (tertiary/aromatic N) is 3. The van der Waals surface area contributed by atoms with Gasteiger partial charge in [0.25, 0.3) is 5.91 Å². The SMILES string of the molecule is O=C(N/N=C\c1ccncc1)c1ccccn1. The van der Waals surface area contributed by atoms with Crippen LogP contribution < -0.4 is 5.43 Å². The molecule has 1 N–H and O–H groups in total. The second-order valence-corrected chi connectivity index (χ2v) is 3.19. The molecule has 2 aromatic rings. The van der Waals surface area contributed by atoms with Crippen molar-refractivity contribution in [2.45, 2.75) is 0 Å². The van der Waals surface area contributed by atoms with Crippen LogP contribution in [0.15, 0.2) is 54.0 Å². The molecule has 0 saturated heterocycles. The third-order valence-corrected chi connectivity index (χ3v) is 1.98. The second kappa shape index (κ2) is 5.50. The van der Waals surface area contributed by atoms with Crippen molar-refractivity contribution < 1.29 is 4.79 Å². The highest BCUT2D eigenvalue weighted by atomic mass is 16.2. The zero-order valence-electron chi connectivity index (χ0n) is 8.95. The number of carbonyl (C=O) groups excluding carboxylic acids is 1. The van der Waals surface area contributed by atoms with E-state index in [2.05, 4.69) is 20.5 Å². The van der Waals surface area contributed by atoms with E-state index < -0.39 is 0 Å². The number of pyridine rings is 2. The van der Waals surface area contributed by atoms with Crippen LogP contribution in [0, 0.1) is 0 Å². The van der Waals surface area contributed by atoms with Crippen LogP contribution in [0.5, 0.6) is 0 Å².